The zero-order valence-electron chi connectivity index (χ0n) is 15.5. The maximum atomic E-state index is 12.2. The van der Waals surface area contributed by atoms with Gasteiger partial charge in [0.15, 0.2) is 0 Å². The molecule has 0 aromatic heterocycles. The smallest absolute Gasteiger partial charge is 0.261 e. The van der Waals surface area contributed by atoms with E-state index in [1.54, 1.807) is 24.3 Å². The van der Waals surface area contributed by atoms with Crippen LogP contribution in [0.25, 0.3) is 0 Å². The molecular formula is C19H27N3O4. The van der Waals surface area contributed by atoms with Crippen LogP contribution in [0.1, 0.15) is 41.0 Å². The van der Waals surface area contributed by atoms with Crippen LogP contribution in [0.3, 0.4) is 0 Å². The minimum atomic E-state index is -0.335. The third-order valence-electron chi connectivity index (χ3n) is 4.46. The first-order chi connectivity index (χ1) is 12.6. The van der Waals surface area contributed by atoms with Crippen LogP contribution in [-0.2, 0) is 9.53 Å². The van der Waals surface area contributed by atoms with E-state index in [0.717, 1.165) is 24.5 Å². The molecule has 0 aliphatic carbocycles. The van der Waals surface area contributed by atoms with Crippen molar-refractivity contribution in [2.24, 2.45) is 0 Å². The lowest BCUT2D eigenvalue weighted by Crippen LogP contribution is -2.35. The van der Waals surface area contributed by atoms with Crippen molar-refractivity contribution in [3.63, 3.8) is 0 Å². The Morgan fingerprint density at radius 3 is 2.27 bits per heavy atom. The molecule has 26 heavy (non-hydrogen) atoms. The SMILES string of the molecule is CCN(CC)CCOCCNC(=O)CCN1C(=O)c2ccccc2C1=O. The van der Waals surface area contributed by atoms with E-state index in [0.29, 0.717) is 30.9 Å². The molecule has 0 unspecified atom stereocenters. The predicted octanol–water partition coefficient (Wildman–Crippen LogP) is 1.15. The fraction of sp³-hybridized carbons (Fsp3) is 0.526. The van der Waals surface area contributed by atoms with Gasteiger partial charge in [0.2, 0.25) is 5.91 Å². The second-order valence-electron chi connectivity index (χ2n) is 6.05. The zero-order valence-corrected chi connectivity index (χ0v) is 15.5. The third kappa shape index (κ3) is 5.12. The molecule has 1 aromatic rings. The Morgan fingerprint density at radius 1 is 1.08 bits per heavy atom. The van der Waals surface area contributed by atoms with Crippen molar-refractivity contribution in [2.45, 2.75) is 20.3 Å². The van der Waals surface area contributed by atoms with E-state index in [4.69, 9.17) is 4.74 Å². The topological polar surface area (TPSA) is 79.0 Å². The number of hydrogen-bond acceptors (Lipinski definition) is 5. The van der Waals surface area contributed by atoms with Gasteiger partial charge in [-0.2, -0.15) is 0 Å². The number of benzene rings is 1. The quantitative estimate of drug-likeness (QED) is 0.472. The minimum absolute atomic E-state index is 0.0843. The minimum Gasteiger partial charge on any atom is -0.378 e. The van der Waals surface area contributed by atoms with E-state index in [-0.39, 0.29) is 30.7 Å². The number of nitrogens with zero attached hydrogens (tertiary/aromatic N) is 2. The third-order valence-corrected chi connectivity index (χ3v) is 4.46. The van der Waals surface area contributed by atoms with E-state index in [2.05, 4.69) is 24.1 Å². The normalized spacial score (nSPS) is 13.4. The van der Waals surface area contributed by atoms with Gasteiger partial charge in [0.25, 0.3) is 11.8 Å². The largest absolute Gasteiger partial charge is 0.378 e. The van der Waals surface area contributed by atoms with Crippen molar-refractivity contribution in [3.8, 4) is 0 Å². The number of nitrogens with one attached hydrogen (secondary N) is 1. The predicted molar refractivity (Wildman–Crippen MR) is 98.0 cm³/mol. The summed E-state index contributed by atoms with van der Waals surface area (Å²) < 4.78 is 5.50. The summed E-state index contributed by atoms with van der Waals surface area (Å²) in [6.45, 7) is 8.66. The molecular weight excluding hydrogens is 334 g/mol. The zero-order chi connectivity index (χ0) is 18.9. The maximum Gasteiger partial charge on any atom is 0.261 e. The standard InChI is InChI=1S/C19H27N3O4/c1-3-21(4-2)12-14-26-13-10-20-17(23)9-11-22-18(24)15-7-5-6-8-16(15)19(22)25/h5-8H,3-4,9-14H2,1-2H3,(H,20,23). The molecule has 2 rings (SSSR count). The first-order valence-electron chi connectivity index (χ1n) is 9.10. The second-order valence-corrected chi connectivity index (χ2v) is 6.05. The molecule has 0 saturated carbocycles. The maximum absolute atomic E-state index is 12.2. The number of fused-ring (bicyclic) bond motifs is 1. The van der Waals surface area contributed by atoms with Crippen molar-refractivity contribution in [2.75, 3.05) is 45.9 Å². The van der Waals surface area contributed by atoms with Crippen LogP contribution < -0.4 is 5.32 Å². The lowest BCUT2D eigenvalue weighted by molar-refractivity contribution is -0.121. The number of rotatable bonds is 11. The van der Waals surface area contributed by atoms with Gasteiger partial charge in [-0.3, -0.25) is 19.3 Å². The number of amides is 3. The summed E-state index contributed by atoms with van der Waals surface area (Å²) in [6.07, 6.45) is 0.0882. The molecule has 1 heterocycles. The highest BCUT2D eigenvalue weighted by Gasteiger charge is 2.34. The molecule has 0 spiro atoms. The van der Waals surface area contributed by atoms with Gasteiger partial charge in [0, 0.05) is 26.1 Å². The number of carbonyl (C=O) groups is 3. The summed E-state index contributed by atoms with van der Waals surface area (Å²) in [4.78, 5) is 39.7. The first kappa shape index (κ1) is 20.1. The molecule has 142 valence electrons. The van der Waals surface area contributed by atoms with Gasteiger partial charge in [-0.1, -0.05) is 26.0 Å². The highest BCUT2D eigenvalue weighted by Crippen LogP contribution is 2.22. The van der Waals surface area contributed by atoms with Gasteiger partial charge in [0.05, 0.1) is 24.3 Å². The monoisotopic (exact) mass is 361 g/mol. The van der Waals surface area contributed by atoms with Crippen molar-refractivity contribution < 1.29 is 19.1 Å². The molecule has 0 fully saturated rings. The highest BCUT2D eigenvalue weighted by atomic mass is 16.5. The average molecular weight is 361 g/mol. The molecule has 0 saturated heterocycles. The van der Waals surface area contributed by atoms with Gasteiger partial charge in [-0.15, -0.1) is 0 Å². The van der Waals surface area contributed by atoms with Crippen LogP contribution in [0.15, 0.2) is 24.3 Å². The van der Waals surface area contributed by atoms with E-state index in [9.17, 15) is 14.4 Å². The Kier molecular flexibility index (Phi) is 7.74. The number of imide groups is 1. The molecule has 1 aliphatic rings. The summed E-state index contributed by atoms with van der Waals surface area (Å²) in [7, 11) is 0. The molecule has 1 aromatic carbocycles. The number of likely N-dealkylation sites (N-methyl/N-ethyl adjacent to an activating group) is 1. The molecule has 7 heteroatoms. The summed E-state index contributed by atoms with van der Waals surface area (Å²) in [6, 6.07) is 6.71. The Balaban J connectivity index is 1.63. The summed E-state index contributed by atoms with van der Waals surface area (Å²) in [5.74, 6) is -0.870. The lowest BCUT2D eigenvalue weighted by Gasteiger charge is -2.17. The molecule has 0 atom stereocenters. The van der Waals surface area contributed by atoms with Gasteiger partial charge >= 0.3 is 0 Å². The Bertz CT molecular complexity index is 608. The summed E-state index contributed by atoms with van der Waals surface area (Å²) in [5.41, 5.74) is 0.805. The average Bonchev–Trinajstić information content (AvgIpc) is 2.90. The van der Waals surface area contributed by atoms with Crippen molar-refractivity contribution in [1.29, 1.82) is 0 Å². The van der Waals surface area contributed by atoms with Crippen LogP contribution >= 0.6 is 0 Å². The van der Waals surface area contributed by atoms with E-state index >= 15 is 0 Å². The Hall–Kier alpha value is -2.25. The summed E-state index contributed by atoms with van der Waals surface area (Å²) in [5, 5.41) is 2.75. The fourth-order valence-electron chi connectivity index (χ4n) is 2.84. The number of hydrogen-bond donors (Lipinski definition) is 1. The molecule has 1 N–H and O–H groups in total. The number of ether oxygens (including phenoxy) is 1. The van der Waals surface area contributed by atoms with Crippen molar-refractivity contribution >= 4 is 17.7 Å². The van der Waals surface area contributed by atoms with E-state index in [1.165, 1.54) is 0 Å². The first-order valence-corrected chi connectivity index (χ1v) is 9.10. The highest BCUT2D eigenvalue weighted by molar-refractivity contribution is 6.21. The van der Waals surface area contributed by atoms with Gasteiger partial charge < -0.3 is 15.0 Å². The fourth-order valence-corrected chi connectivity index (χ4v) is 2.84. The van der Waals surface area contributed by atoms with Gasteiger partial charge in [0.1, 0.15) is 0 Å². The molecule has 0 bridgehead atoms. The van der Waals surface area contributed by atoms with E-state index in [1.807, 2.05) is 0 Å². The second kappa shape index (κ2) is 10.0. The molecule has 1 aliphatic heterocycles. The number of carbonyl (C=O) groups excluding carboxylic acids is 3. The van der Waals surface area contributed by atoms with Crippen LogP contribution in [0.5, 0.6) is 0 Å². The van der Waals surface area contributed by atoms with Crippen LogP contribution in [0, 0.1) is 0 Å². The molecule has 3 amide bonds. The van der Waals surface area contributed by atoms with Crippen LogP contribution in [0.2, 0.25) is 0 Å². The van der Waals surface area contributed by atoms with Gasteiger partial charge in [-0.25, -0.2) is 0 Å². The van der Waals surface area contributed by atoms with Crippen molar-refractivity contribution in [3.05, 3.63) is 35.4 Å². The van der Waals surface area contributed by atoms with E-state index < -0.39 is 0 Å². The Labute approximate surface area is 154 Å². The van der Waals surface area contributed by atoms with Crippen molar-refractivity contribution in [1.82, 2.24) is 15.1 Å². The summed E-state index contributed by atoms with van der Waals surface area (Å²) >= 11 is 0. The molecule has 7 nitrogen and oxygen atoms in total. The lowest BCUT2D eigenvalue weighted by atomic mass is 10.1. The molecule has 0 radical (unpaired) electrons. The van der Waals surface area contributed by atoms with Crippen LogP contribution in [-0.4, -0.2) is 73.5 Å². The van der Waals surface area contributed by atoms with Gasteiger partial charge in [-0.05, 0) is 25.2 Å². The Morgan fingerprint density at radius 2 is 1.69 bits per heavy atom. The van der Waals surface area contributed by atoms with Crippen LogP contribution in [0.4, 0.5) is 0 Å².